The third-order valence-corrected chi connectivity index (χ3v) is 2.78. The van der Waals surface area contributed by atoms with E-state index in [2.05, 4.69) is 0 Å². The van der Waals surface area contributed by atoms with Gasteiger partial charge in [-0.05, 0) is 31.9 Å². The molecule has 0 aromatic heterocycles. The number of nitro benzene ring substituents is 1. The van der Waals surface area contributed by atoms with Gasteiger partial charge in [0, 0.05) is 13.2 Å². The van der Waals surface area contributed by atoms with E-state index in [1.807, 2.05) is 26.8 Å². The highest BCUT2D eigenvalue weighted by atomic mass is 16.7. The predicted octanol–water partition coefficient (Wildman–Crippen LogP) is 3.36. The summed E-state index contributed by atoms with van der Waals surface area (Å²) in [6.45, 7) is 5.71. The third kappa shape index (κ3) is 3.51. The number of aryl methyl sites for hydroxylation is 1. The first-order valence-electron chi connectivity index (χ1n) is 5.92. The number of rotatable bonds is 6. The highest BCUT2D eigenvalue weighted by molar-refractivity contribution is 5.43. The van der Waals surface area contributed by atoms with Gasteiger partial charge >= 0.3 is 0 Å². The number of methoxy groups -OCH3 is 1. The second-order valence-corrected chi connectivity index (χ2v) is 4.24. The Hall–Kier alpha value is -1.46. The summed E-state index contributed by atoms with van der Waals surface area (Å²) < 4.78 is 10.9. The largest absolute Gasteiger partial charge is 0.351 e. The van der Waals surface area contributed by atoms with Gasteiger partial charge in [0.2, 0.25) is 0 Å². The summed E-state index contributed by atoms with van der Waals surface area (Å²) in [7, 11) is 1.48. The maximum Gasteiger partial charge on any atom is 0.277 e. The van der Waals surface area contributed by atoms with Crippen LogP contribution >= 0.6 is 0 Å². The molecule has 0 aliphatic rings. The van der Waals surface area contributed by atoms with Gasteiger partial charge in [0.25, 0.3) is 5.69 Å². The van der Waals surface area contributed by atoms with Gasteiger partial charge in [-0.15, -0.1) is 0 Å². The van der Waals surface area contributed by atoms with E-state index in [4.69, 9.17) is 9.47 Å². The molecule has 100 valence electrons. The molecule has 2 atom stereocenters. The fraction of sp³-hybridized carbons (Fsp3) is 0.538. The summed E-state index contributed by atoms with van der Waals surface area (Å²) in [5.41, 5.74) is 1.32. The molecule has 0 saturated heterocycles. The van der Waals surface area contributed by atoms with Crippen LogP contribution in [0.3, 0.4) is 0 Å². The molecule has 1 rings (SSSR count). The number of hydrogen-bond donors (Lipinski definition) is 0. The summed E-state index contributed by atoms with van der Waals surface area (Å²) in [5.74, 6) is 0. The molecule has 0 radical (unpaired) electrons. The Kier molecular flexibility index (Phi) is 5.25. The number of nitro groups is 1. The van der Waals surface area contributed by atoms with Gasteiger partial charge < -0.3 is 9.47 Å². The van der Waals surface area contributed by atoms with Crippen molar-refractivity contribution in [1.29, 1.82) is 0 Å². The van der Waals surface area contributed by atoms with Gasteiger partial charge in [-0.2, -0.15) is 0 Å². The summed E-state index contributed by atoms with van der Waals surface area (Å²) in [6.07, 6.45) is 0.0938. The molecule has 2 unspecified atom stereocenters. The second kappa shape index (κ2) is 6.47. The molecular formula is C13H19NO4. The first kappa shape index (κ1) is 14.6. The number of nitrogens with zero attached hydrogens (tertiary/aromatic N) is 1. The summed E-state index contributed by atoms with van der Waals surface area (Å²) in [4.78, 5) is 10.6. The molecule has 0 bridgehead atoms. The van der Waals surface area contributed by atoms with E-state index in [9.17, 15) is 10.1 Å². The molecule has 0 amide bonds. The highest BCUT2D eigenvalue weighted by Gasteiger charge is 2.24. The Morgan fingerprint density at radius 1 is 1.44 bits per heavy atom. The average molecular weight is 253 g/mol. The SMILES string of the molecule is CCC(C)OC(OC)c1ccc(C)cc1[N+](=O)[O-]. The van der Waals surface area contributed by atoms with Crippen molar-refractivity contribution in [3.8, 4) is 0 Å². The van der Waals surface area contributed by atoms with Crippen LogP contribution in [-0.2, 0) is 9.47 Å². The predicted molar refractivity (Wildman–Crippen MR) is 68.4 cm³/mol. The van der Waals surface area contributed by atoms with E-state index in [1.165, 1.54) is 13.2 Å². The van der Waals surface area contributed by atoms with Gasteiger partial charge in [0.05, 0.1) is 16.6 Å². The van der Waals surface area contributed by atoms with Crippen LogP contribution in [-0.4, -0.2) is 18.1 Å². The summed E-state index contributed by atoms with van der Waals surface area (Å²) in [6, 6.07) is 5.03. The van der Waals surface area contributed by atoms with Crippen molar-refractivity contribution in [3.05, 3.63) is 39.4 Å². The number of ether oxygens (including phenoxy) is 2. The smallest absolute Gasteiger partial charge is 0.277 e. The molecule has 5 nitrogen and oxygen atoms in total. The van der Waals surface area contributed by atoms with Crippen LogP contribution < -0.4 is 0 Å². The first-order chi connectivity index (χ1) is 8.49. The Labute approximate surface area is 107 Å². The zero-order valence-corrected chi connectivity index (χ0v) is 11.2. The van der Waals surface area contributed by atoms with Crippen LogP contribution in [0.15, 0.2) is 18.2 Å². The first-order valence-corrected chi connectivity index (χ1v) is 5.92. The molecular weight excluding hydrogens is 234 g/mol. The maximum atomic E-state index is 11.0. The van der Waals surface area contributed by atoms with Crippen LogP contribution in [0.5, 0.6) is 0 Å². The van der Waals surface area contributed by atoms with E-state index < -0.39 is 11.2 Å². The zero-order valence-electron chi connectivity index (χ0n) is 11.2. The normalized spacial score (nSPS) is 14.2. The monoisotopic (exact) mass is 253 g/mol. The fourth-order valence-electron chi connectivity index (χ4n) is 1.57. The lowest BCUT2D eigenvalue weighted by atomic mass is 10.1. The van der Waals surface area contributed by atoms with E-state index in [0.29, 0.717) is 5.56 Å². The molecule has 0 N–H and O–H groups in total. The molecule has 0 aliphatic carbocycles. The molecule has 0 saturated carbocycles. The maximum absolute atomic E-state index is 11.0. The standard InChI is InChI=1S/C13H19NO4/c1-5-10(3)18-13(17-4)11-7-6-9(2)8-12(11)14(15)16/h6-8,10,13H,5H2,1-4H3. The zero-order chi connectivity index (χ0) is 13.7. The molecule has 1 aromatic carbocycles. The third-order valence-electron chi connectivity index (χ3n) is 2.78. The Morgan fingerprint density at radius 2 is 2.11 bits per heavy atom. The summed E-state index contributed by atoms with van der Waals surface area (Å²) >= 11 is 0. The van der Waals surface area contributed by atoms with Gasteiger partial charge in [-0.3, -0.25) is 10.1 Å². The summed E-state index contributed by atoms with van der Waals surface area (Å²) in [5, 5.41) is 11.0. The van der Waals surface area contributed by atoms with Crippen molar-refractivity contribution >= 4 is 5.69 Å². The molecule has 0 spiro atoms. The molecule has 0 fully saturated rings. The van der Waals surface area contributed by atoms with Crippen molar-refractivity contribution in [1.82, 2.24) is 0 Å². The molecule has 18 heavy (non-hydrogen) atoms. The lowest BCUT2D eigenvalue weighted by Gasteiger charge is -2.20. The van der Waals surface area contributed by atoms with Crippen LogP contribution in [0.25, 0.3) is 0 Å². The van der Waals surface area contributed by atoms with Crippen molar-refractivity contribution < 1.29 is 14.4 Å². The number of benzene rings is 1. The van der Waals surface area contributed by atoms with E-state index in [1.54, 1.807) is 6.07 Å². The lowest BCUT2D eigenvalue weighted by molar-refractivity contribution is -0.387. The lowest BCUT2D eigenvalue weighted by Crippen LogP contribution is -2.15. The minimum atomic E-state index is -0.707. The Bertz CT molecular complexity index is 419. The second-order valence-electron chi connectivity index (χ2n) is 4.24. The highest BCUT2D eigenvalue weighted by Crippen LogP contribution is 2.30. The van der Waals surface area contributed by atoms with Crippen molar-refractivity contribution in [2.75, 3.05) is 7.11 Å². The van der Waals surface area contributed by atoms with Crippen molar-refractivity contribution in [2.24, 2.45) is 0 Å². The van der Waals surface area contributed by atoms with Crippen LogP contribution in [0.4, 0.5) is 5.69 Å². The molecule has 0 heterocycles. The molecule has 1 aromatic rings. The molecule has 0 aliphatic heterocycles. The average Bonchev–Trinajstić information content (AvgIpc) is 2.35. The van der Waals surface area contributed by atoms with Gasteiger partial charge in [-0.25, -0.2) is 0 Å². The quantitative estimate of drug-likeness (QED) is 0.443. The van der Waals surface area contributed by atoms with Gasteiger partial charge in [0.15, 0.2) is 6.29 Å². The molecule has 5 heteroatoms. The van der Waals surface area contributed by atoms with E-state index in [-0.39, 0.29) is 11.8 Å². The minimum absolute atomic E-state index is 0.0177. The van der Waals surface area contributed by atoms with Crippen LogP contribution in [0.1, 0.15) is 37.7 Å². The van der Waals surface area contributed by atoms with Gasteiger partial charge in [0.1, 0.15) is 0 Å². The van der Waals surface area contributed by atoms with Gasteiger partial charge in [-0.1, -0.05) is 13.0 Å². The van der Waals surface area contributed by atoms with Crippen LogP contribution in [0, 0.1) is 17.0 Å². The van der Waals surface area contributed by atoms with E-state index in [0.717, 1.165) is 12.0 Å². The topological polar surface area (TPSA) is 61.6 Å². The fourth-order valence-corrected chi connectivity index (χ4v) is 1.57. The van der Waals surface area contributed by atoms with E-state index >= 15 is 0 Å². The number of hydrogen-bond acceptors (Lipinski definition) is 4. The Morgan fingerprint density at radius 3 is 2.61 bits per heavy atom. The van der Waals surface area contributed by atoms with Crippen LogP contribution in [0.2, 0.25) is 0 Å². The Balaban J connectivity index is 3.08. The van der Waals surface area contributed by atoms with Crippen molar-refractivity contribution in [3.63, 3.8) is 0 Å². The van der Waals surface area contributed by atoms with Crippen molar-refractivity contribution in [2.45, 2.75) is 39.6 Å². The minimum Gasteiger partial charge on any atom is -0.351 e.